The van der Waals surface area contributed by atoms with Gasteiger partial charge in [0.1, 0.15) is 0 Å². The van der Waals surface area contributed by atoms with E-state index in [0.717, 1.165) is 38.8 Å². The average molecular weight is 296 g/mol. The lowest BCUT2D eigenvalue weighted by Crippen LogP contribution is -2.33. The van der Waals surface area contributed by atoms with E-state index in [1.54, 1.807) is 0 Å². The minimum absolute atomic E-state index is 0.237. The number of hydrogen-bond donors (Lipinski definition) is 1. The molecule has 2 N–H and O–H groups in total. The van der Waals surface area contributed by atoms with Crippen LogP contribution in [0.3, 0.4) is 0 Å². The number of carbonyl (C=O) groups excluding carboxylic acids is 1. The van der Waals surface area contributed by atoms with Crippen LogP contribution in [0.2, 0.25) is 0 Å². The van der Waals surface area contributed by atoms with Gasteiger partial charge in [-0.05, 0) is 55.4 Å². The van der Waals surface area contributed by atoms with Gasteiger partial charge in [-0.3, -0.25) is 4.79 Å². The summed E-state index contributed by atoms with van der Waals surface area (Å²) in [6.07, 6.45) is 6.18. The van der Waals surface area contributed by atoms with E-state index in [1.807, 2.05) is 0 Å². The van der Waals surface area contributed by atoms with Gasteiger partial charge in [-0.15, -0.1) is 0 Å². The van der Waals surface area contributed by atoms with E-state index in [-0.39, 0.29) is 5.41 Å². The summed E-state index contributed by atoms with van der Waals surface area (Å²) in [7, 11) is 0. The van der Waals surface area contributed by atoms with E-state index in [4.69, 9.17) is 5.73 Å². The first-order chi connectivity index (χ1) is 9.65. The van der Waals surface area contributed by atoms with Gasteiger partial charge in [-0.2, -0.15) is 0 Å². The highest BCUT2D eigenvalue weighted by atomic mass is 16.2. The van der Waals surface area contributed by atoms with Gasteiger partial charge in [-0.25, -0.2) is 0 Å². The van der Waals surface area contributed by atoms with Crippen LogP contribution in [0.4, 0.5) is 0 Å². The molecule has 0 radical (unpaired) electrons. The van der Waals surface area contributed by atoms with Gasteiger partial charge in [0, 0.05) is 19.5 Å². The predicted molar refractivity (Wildman–Crippen MR) is 90.1 cm³/mol. The molecule has 0 aliphatic carbocycles. The van der Waals surface area contributed by atoms with Crippen molar-refractivity contribution in [2.75, 3.05) is 19.6 Å². The zero-order chi connectivity index (χ0) is 16.1. The molecule has 1 unspecified atom stereocenters. The van der Waals surface area contributed by atoms with Gasteiger partial charge in [0.05, 0.1) is 0 Å². The maximum atomic E-state index is 12.5. The Bertz CT molecular complexity index is 331. The van der Waals surface area contributed by atoms with E-state index in [2.05, 4.69) is 39.5 Å². The predicted octanol–water partition coefficient (Wildman–Crippen LogP) is 3.82. The minimum Gasteiger partial charge on any atom is -0.343 e. The molecule has 0 spiro atoms. The molecule has 1 rings (SSSR count). The first-order valence-corrected chi connectivity index (χ1v) is 8.63. The fourth-order valence-electron chi connectivity index (χ4n) is 3.34. The van der Waals surface area contributed by atoms with Crippen molar-refractivity contribution in [3.05, 3.63) is 0 Å². The first-order valence-electron chi connectivity index (χ1n) is 8.63. The summed E-state index contributed by atoms with van der Waals surface area (Å²) in [5.74, 6) is 0.883. The largest absolute Gasteiger partial charge is 0.343 e. The molecule has 1 amide bonds. The van der Waals surface area contributed by atoms with Crippen molar-refractivity contribution < 1.29 is 4.79 Å². The lowest BCUT2D eigenvalue weighted by molar-refractivity contribution is -0.131. The summed E-state index contributed by atoms with van der Waals surface area (Å²) >= 11 is 0. The van der Waals surface area contributed by atoms with E-state index in [0.29, 0.717) is 30.2 Å². The van der Waals surface area contributed by atoms with Crippen LogP contribution in [0.5, 0.6) is 0 Å². The molecule has 1 aliphatic rings. The second-order valence-corrected chi connectivity index (χ2v) is 8.58. The molecule has 124 valence electrons. The Morgan fingerprint density at radius 3 is 2.43 bits per heavy atom. The van der Waals surface area contributed by atoms with Gasteiger partial charge in [0.2, 0.25) is 5.91 Å². The summed E-state index contributed by atoms with van der Waals surface area (Å²) in [6, 6.07) is 0. The smallest absolute Gasteiger partial charge is 0.222 e. The maximum Gasteiger partial charge on any atom is 0.222 e. The van der Waals surface area contributed by atoms with Gasteiger partial charge in [0.15, 0.2) is 0 Å². The Kier molecular flexibility index (Phi) is 6.71. The summed E-state index contributed by atoms with van der Waals surface area (Å²) in [5.41, 5.74) is 6.36. The number of amides is 1. The standard InChI is InChI=1S/C18H36N2O/c1-17(2,3)15(9-12-19)7-8-16(21)20-13-6-10-18(4,5)11-14-20/h15H,6-14,19H2,1-5H3. The molecule has 1 aliphatic heterocycles. The first kappa shape index (κ1) is 18.5. The third-order valence-corrected chi connectivity index (χ3v) is 5.14. The second-order valence-electron chi connectivity index (χ2n) is 8.58. The molecule has 3 heteroatoms. The summed E-state index contributed by atoms with van der Waals surface area (Å²) < 4.78 is 0. The highest BCUT2D eigenvalue weighted by molar-refractivity contribution is 5.76. The number of rotatable bonds is 5. The Balaban J connectivity index is 2.49. The Morgan fingerprint density at radius 1 is 1.19 bits per heavy atom. The monoisotopic (exact) mass is 296 g/mol. The number of hydrogen-bond acceptors (Lipinski definition) is 2. The van der Waals surface area contributed by atoms with Crippen LogP contribution in [0, 0.1) is 16.7 Å². The molecule has 0 bridgehead atoms. The molecule has 3 nitrogen and oxygen atoms in total. The lowest BCUT2D eigenvalue weighted by atomic mass is 9.76. The van der Waals surface area contributed by atoms with Crippen LogP contribution >= 0.6 is 0 Å². The molecule has 0 aromatic rings. The van der Waals surface area contributed by atoms with Gasteiger partial charge < -0.3 is 10.6 Å². The van der Waals surface area contributed by atoms with Gasteiger partial charge in [0.25, 0.3) is 0 Å². The van der Waals surface area contributed by atoms with Crippen LogP contribution < -0.4 is 5.73 Å². The fourth-order valence-corrected chi connectivity index (χ4v) is 3.34. The molecule has 1 atom stereocenters. The number of carbonyl (C=O) groups is 1. The Labute approximate surface area is 131 Å². The third-order valence-electron chi connectivity index (χ3n) is 5.14. The highest BCUT2D eigenvalue weighted by Gasteiger charge is 2.28. The van der Waals surface area contributed by atoms with Crippen molar-refractivity contribution in [1.29, 1.82) is 0 Å². The van der Waals surface area contributed by atoms with E-state index in [1.165, 1.54) is 6.42 Å². The molecule has 1 saturated heterocycles. The maximum absolute atomic E-state index is 12.5. The Morgan fingerprint density at radius 2 is 1.86 bits per heavy atom. The zero-order valence-corrected chi connectivity index (χ0v) is 14.9. The fraction of sp³-hybridized carbons (Fsp3) is 0.944. The number of likely N-dealkylation sites (tertiary alicyclic amines) is 1. The number of nitrogens with two attached hydrogens (primary N) is 1. The van der Waals surface area contributed by atoms with Gasteiger partial charge in [-0.1, -0.05) is 34.6 Å². The summed E-state index contributed by atoms with van der Waals surface area (Å²) in [6.45, 7) is 14.0. The van der Waals surface area contributed by atoms with Crippen LogP contribution in [0.15, 0.2) is 0 Å². The molecular weight excluding hydrogens is 260 g/mol. The minimum atomic E-state index is 0.237. The van der Waals surface area contributed by atoms with Crippen molar-refractivity contribution in [2.45, 2.75) is 73.1 Å². The SMILES string of the molecule is CC1(C)CCCN(C(=O)CCC(CCN)C(C)(C)C)CC1. The van der Waals surface area contributed by atoms with Crippen LogP contribution in [0.1, 0.15) is 73.1 Å². The lowest BCUT2D eigenvalue weighted by Gasteiger charge is -2.31. The molecule has 21 heavy (non-hydrogen) atoms. The van der Waals surface area contributed by atoms with E-state index in [9.17, 15) is 4.79 Å². The molecule has 1 fully saturated rings. The molecule has 0 aromatic carbocycles. The quantitative estimate of drug-likeness (QED) is 0.838. The van der Waals surface area contributed by atoms with Crippen LogP contribution in [-0.4, -0.2) is 30.4 Å². The topological polar surface area (TPSA) is 46.3 Å². The van der Waals surface area contributed by atoms with Crippen LogP contribution in [-0.2, 0) is 4.79 Å². The van der Waals surface area contributed by atoms with Gasteiger partial charge >= 0.3 is 0 Å². The second kappa shape index (κ2) is 7.62. The molecular formula is C18H36N2O. The van der Waals surface area contributed by atoms with Crippen molar-refractivity contribution in [3.8, 4) is 0 Å². The van der Waals surface area contributed by atoms with Crippen molar-refractivity contribution in [2.24, 2.45) is 22.5 Å². The van der Waals surface area contributed by atoms with Crippen molar-refractivity contribution >= 4 is 5.91 Å². The zero-order valence-electron chi connectivity index (χ0n) is 14.9. The summed E-state index contributed by atoms with van der Waals surface area (Å²) in [4.78, 5) is 14.6. The average Bonchev–Trinajstić information content (AvgIpc) is 2.53. The van der Waals surface area contributed by atoms with E-state index >= 15 is 0 Å². The molecule has 0 saturated carbocycles. The normalized spacial score (nSPS) is 21.0. The third kappa shape index (κ3) is 6.37. The highest BCUT2D eigenvalue weighted by Crippen LogP contribution is 2.33. The molecule has 1 heterocycles. The number of nitrogens with zero attached hydrogens (tertiary/aromatic N) is 1. The molecule has 0 aromatic heterocycles. The summed E-state index contributed by atoms with van der Waals surface area (Å²) in [5, 5.41) is 0. The van der Waals surface area contributed by atoms with Crippen molar-refractivity contribution in [1.82, 2.24) is 4.90 Å². The van der Waals surface area contributed by atoms with Crippen molar-refractivity contribution in [3.63, 3.8) is 0 Å². The Hall–Kier alpha value is -0.570. The van der Waals surface area contributed by atoms with E-state index < -0.39 is 0 Å². The van der Waals surface area contributed by atoms with Crippen LogP contribution in [0.25, 0.3) is 0 Å².